The van der Waals surface area contributed by atoms with Crippen molar-refractivity contribution >= 4 is 0 Å². The second-order valence-corrected chi connectivity index (χ2v) is 8.42. The third-order valence-electron chi connectivity index (χ3n) is 5.31. The molecule has 12 heteroatoms. The van der Waals surface area contributed by atoms with Crippen LogP contribution in [0.4, 0.5) is 13.2 Å². The van der Waals surface area contributed by atoms with E-state index in [2.05, 4.69) is 37.4 Å². The molecule has 0 unspecified atom stereocenters. The summed E-state index contributed by atoms with van der Waals surface area (Å²) in [6.07, 6.45) is -4.47. The number of aromatic amines is 1. The number of nitrogens with one attached hydrogen (secondary N) is 1. The van der Waals surface area contributed by atoms with Gasteiger partial charge in [-0.1, -0.05) is 23.9 Å². The number of rotatable bonds is 6. The van der Waals surface area contributed by atoms with Gasteiger partial charge in [0, 0.05) is 29.3 Å². The van der Waals surface area contributed by atoms with E-state index in [-0.39, 0.29) is 37.4 Å². The first kappa shape index (κ1) is 30.2. The molecule has 4 aromatic heterocycles. The van der Waals surface area contributed by atoms with Gasteiger partial charge in [-0.2, -0.15) is 54.7 Å². The van der Waals surface area contributed by atoms with E-state index < -0.39 is 11.9 Å². The molecule has 0 radical (unpaired) electrons. The van der Waals surface area contributed by atoms with E-state index in [9.17, 15) is 13.2 Å². The first-order valence-electron chi connectivity index (χ1n) is 12.2. The molecule has 0 saturated heterocycles. The molecule has 0 spiro atoms. The van der Waals surface area contributed by atoms with E-state index >= 15 is 0 Å². The Labute approximate surface area is 252 Å². The van der Waals surface area contributed by atoms with E-state index in [4.69, 9.17) is 9.47 Å². The van der Waals surface area contributed by atoms with Crippen LogP contribution in [0.3, 0.4) is 0 Å². The Kier molecular flexibility index (Phi) is 9.85. The van der Waals surface area contributed by atoms with Gasteiger partial charge in [-0.15, -0.1) is 24.3 Å². The molecule has 0 aliphatic heterocycles. The summed E-state index contributed by atoms with van der Waals surface area (Å²) in [6, 6.07) is 33.3. The van der Waals surface area contributed by atoms with Crippen LogP contribution >= 0.6 is 0 Å². The number of nitrogens with zero attached hydrogens (tertiary/aromatic N) is 5. The molecule has 8 nitrogen and oxygen atoms in total. The summed E-state index contributed by atoms with van der Waals surface area (Å²) < 4.78 is 48.8. The normalized spacial score (nSPS) is 10.7. The number of aromatic nitrogens is 6. The summed E-state index contributed by atoms with van der Waals surface area (Å²) in [6.45, 7) is 1.90. The standard InChI is InChI=1S/C15H9F3N3O.C15H11N3O.Ir/c16-15(17,18)13-9-12(20-21-13)11-7-4-8-14(19-11)22-10-5-2-1-3-6-10;1-11-10-14(18-17-11)13-8-5-9-15(16-13)19-12-6-3-2-4-7-12;/h1-5,7-9H,(H,20,21);2-6,8-10H,1H3;/q-1;-2;+3. The first-order chi connectivity index (χ1) is 19.8. The van der Waals surface area contributed by atoms with Gasteiger partial charge in [-0.25, -0.2) is 9.97 Å². The molecular formula is C30H20F3IrN6O2. The van der Waals surface area contributed by atoms with Crippen LogP contribution in [0, 0.1) is 19.1 Å². The molecule has 42 heavy (non-hydrogen) atoms. The van der Waals surface area contributed by atoms with Gasteiger partial charge in [-0.3, -0.25) is 5.10 Å². The van der Waals surface area contributed by atoms with E-state index in [0.717, 1.165) is 23.1 Å². The number of benzene rings is 2. The fraction of sp³-hybridized carbons (Fsp3) is 0.0667. The summed E-state index contributed by atoms with van der Waals surface area (Å²) in [4.78, 5) is 8.55. The summed E-state index contributed by atoms with van der Waals surface area (Å²) >= 11 is 0. The number of hydrogen-bond acceptors (Lipinski definition) is 6. The monoisotopic (exact) mass is 746 g/mol. The van der Waals surface area contributed by atoms with Crippen molar-refractivity contribution in [2.45, 2.75) is 13.1 Å². The fourth-order valence-corrected chi connectivity index (χ4v) is 3.45. The number of para-hydroxylation sites is 2. The van der Waals surface area contributed by atoms with Crippen molar-refractivity contribution in [3.63, 3.8) is 0 Å². The average Bonchev–Trinajstić information content (AvgIpc) is 3.65. The molecule has 2 aromatic carbocycles. The molecule has 212 valence electrons. The van der Waals surface area contributed by atoms with Crippen LogP contribution in [-0.4, -0.2) is 25.3 Å². The van der Waals surface area contributed by atoms with Crippen molar-refractivity contribution in [2.75, 3.05) is 0 Å². The van der Waals surface area contributed by atoms with E-state index in [1.807, 2.05) is 48.4 Å². The number of hydrogen-bond donors (Lipinski definition) is 1. The predicted octanol–water partition coefficient (Wildman–Crippen LogP) is 7.08. The van der Waals surface area contributed by atoms with Crippen LogP contribution in [0.1, 0.15) is 11.4 Å². The molecule has 0 saturated carbocycles. The van der Waals surface area contributed by atoms with Gasteiger partial charge in [-0.05, 0) is 25.1 Å². The van der Waals surface area contributed by atoms with Gasteiger partial charge in [0.05, 0.1) is 11.4 Å². The van der Waals surface area contributed by atoms with E-state index in [1.54, 1.807) is 54.6 Å². The number of alkyl halides is 3. The zero-order valence-electron chi connectivity index (χ0n) is 21.8. The van der Waals surface area contributed by atoms with E-state index in [1.165, 1.54) is 0 Å². The Morgan fingerprint density at radius 1 is 0.738 bits per heavy atom. The second-order valence-electron chi connectivity index (χ2n) is 8.42. The minimum absolute atomic E-state index is 0. The zero-order chi connectivity index (χ0) is 28.7. The molecule has 0 amide bonds. The molecule has 0 aliphatic rings. The Morgan fingerprint density at radius 2 is 1.33 bits per heavy atom. The third kappa shape index (κ3) is 8.12. The average molecular weight is 746 g/mol. The number of aryl methyl sites for hydroxylation is 1. The van der Waals surface area contributed by atoms with Gasteiger partial charge in [0.2, 0.25) is 11.8 Å². The Balaban J connectivity index is 0.000000190. The molecule has 6 rings (SSSR count). The molecule has 0 aliphatic carbocycles. The predicted molar refractivity (Wildman–Crippen MR) is 143 cm³/mol. The summed E-state index contributed by atoms with van der Waals surface area (Å²) in [5.41, 5.74) is 1.82. The number of H-pyrrole nitrogens is 1. The number of pyridine rings is 2. The van der Waals surface area contributed by atoms with E-state index in [0.29, 0.717) is 17.4 Å². The first-order valence-corrected chi connectivity index (χ1v) is 12.2. The minimum atomic E-state index is -4.47. The van der Waals surface area contributed by atoms with Crippen LogP contribution in [0.15, 0.2) is 97.1 Å². The van der Waals surface area contributed by atoms with Crippen molar-refractivity contribution in [3.05, 3.63) is 121 Å². The van der Waals surface area contributed by atoms with Gasteiger partial charge in [0.25, 0.3) is 0 Å². The van der Waals surface area contributed by atoms with Crippen molar-refractivity contribution in [1.82, 2.24) is 30.4 Å². The van der Waals surface area contributed by atoms with Gasteiger partial charge in [0.15, 0.2) is 0 Å². The summed E-state index contributed by atoms with van der Waals surface area (Å²) in [7, 11) is 0. The molecule has 4 heterocycles. The van der Waals surface area contributed by atoms with Crippen LogP contribution in [0.25, 0.3) is 22.8 Å². The second kappa shape index (κ2) is 13.7. The fourth-order valence-electron chi connectivity index (χ4n) is 3.45. The van der Waals surface area contributed by atoms with Crippen LogP contribution in [0.5, 0.6) is 23.3 Å². The maximum atomic E-state index is 12.6. The molecule has 1 N–H and O–H groups in total. The molecule has 0 fully saturated rings. The maximum Gasteiger partial charge on any atom is 3.00 e. The van der Waals surface area contributed by atoms with Gasteiger partial charge < -0.3 is 19.7 Å². The zero-order valence-corrected chi connectivity index (χ0v) is 24.2. The maximum absolute atomic E-state index is 12.6. The van der Waals surface area contributed by atoms with Gasteiger partial charge in [0.1, 0.15) is 11.4 Å². The number of ether oxygens (including phenoxy) is 2. The van der Waals surface area contributed by atoms with Crippen LogP contribution < -0.4 is 14.6 Å². The summed E-state index contributed by atoms with van der Waals surface area (Å²) in [5, 5.41) is 13.6. The number of halogens is 3. The van der Waals surface area contributed by atoms with Gasteiger partial charge >= 0.3 is 26.3 Å². The summed E-state index contributed by atoms with van der Waals surface area (Å²) in [5.74, 6) is 1.86. The Bertz CT molecular complexity index is 1710. The minimum Gasteiger partial charge on any atom is -0.574 e. The SMILES string of the molecule is Cc1cc(-c2cccc(Oc3[c-]cccc3)n2)[n-]n1.FC(F)(F)c1cc(-c2cccc(Oc3[c-]cccc3)n2)n[nH]1.[Ir+3]. The Morgan fingerprint density at radius 3 is 1.83 bits per heavy atom. The van der Waals surface area contributed by atoms with Crippen molar-refractivity contribution < 1.29 is 42.8 Å². The van der Waals surface area contributed by atoms with Crippen molar-refractivity contribution in [2.24, 2.45) is 0 Å². The third-order valence-corrected chi connectivity index (χ3v) is 5.31. The van der Waals surface area contributed by atoms with Crippen molar-refractivity contribution in [1.29, 1.82) is 0 Å². The van der Waals surface area contributed by atoms with Crippen LogP contribution in [-0.2, 0) is 26.3 Å². The Hall–Kier alpha value is -4.80. The topological polar surface area (TPSA) is 99.9 Å². The largest absolute Gasteiger partial charge is 3.00 e. The van der Waals surface area contributed by atoms with Crippen LogP contribution in [0.2, 0.25) is 0 Å². The molecular weight excluding hydrogens is 726 g/mol. The smallest absolute Gasteiger partial charge is 0.574 e. The molecule has 0 atom stereocenters. The molecule has 0 bridgehead atoms. The quantitative estimate of drug-likeness (QED) is 0.182. The molecule has 6 aromatic rings. The van der Waals surface area contributed by atoms with Crippen molar-refractivity contribution in [3.8, 4) is 46.0 Å².